The van der Waals surface area contributed by atoms with E-state index in [4.69, 9.17) is 16.3 Å². The van der Waals surface area contributed by atoms with Gasteiger partial charge in [-0.15, -0.1) is 0 Å². The van der Waals surface area contributed by atoms with Crippen LogP contribution in [0, 0.1) is 0 Å². The fourth-order valence-corrected chi connectivity index (χ4v) is 3.45. The van der Waals surface area contributed by atoms with Crippen LogP contribution in [0.15, 0.2) is 48.5 Å². The molecule has 0 amide bonds. The lowest BCUT2D eigenvalue weighted by molar-refractivity contribution is -0.0499. The first-order valence-electron chi connectivity index (χ1n) is 7.22. The molecule has 0 saturated heterocycles. The predicted octanol–water partition coefficient (Wildman–Crippen LogP) is 5.49. The topological polar surface area (TPSA) is 52.6 Å². The normalized spacial score (nSPS) is 13.2. The summed E-state index contributed by atoms with van der Waals surface area (Å²) < 4.78 is 70.7. The third kappa shape index (κ3) is 2.57. The van der Waals surface area contributed by atoms with Crippen LogP contribution in [0.1, 0.15) is 0 Å². The summed E-state index contributed by atoms with van der Waals surface area (Å²) in [6.07, 6.45) is 0. The van der Waals surface area contributed by atoms with Crippen molar-refractivity contribution >= 4 is 32.5 Å². The molecule has 4 rings (SSSR count). The summed E-state index contributed by atoms with van der Waals surface area (Å²) in [4.78, 5) is 0. The van der Waals surface area contributed by atoms with Crippen molar-refractivity contribution in [2.24, 2.45) is 0 Å². The van der Waals surface area contributed by atoms with Crippen molar-refractivity contribution in [3.63, 3.8) is 0 Å². The Morgan fingerprint density at radius 3 is 2.42 bits per heavy atom. The highest BCUT2D eigenvalue weighted by molar-refractivity contribution is 7.88. The van der Waals surface area contributed by atoms with Crippen LogP contribution in [0.25, 0.3) is 21.9 Å². The highest BCUT2D eigenvalue weighted by Gasteiger charge is 2.48. The van der Waals surface area contributed by atoms with Crippen molar-refractivity contribution in [3.8, 4) is 28.4 Å². The van der Waals surface area contributed by atoms with E-state index in [1.807, 2.05) is 0 Å². The van der Waals surface area contributed by atoms with Gasteiger partial charge in [0.1, 0.15) is 11.5 Å². The van der Waals surface area contributed by atoms with E-state index in [9.17, 15) is 21.6 Å². The molecule has 0 saturated carbocycles. The lowest BCUT2D eigenvalue weighted by Gasteiger charge is -2.22. The summed E-state index contributed by atoms with van der Waals surface area (Å²) in [7, 11) is -5.78. The molecule has 9 heteroatoms. The van der Waals surface area contributed by atoms with Gasteiger partial charge in [-0.05, 0) is 35.9 Å². The summed E-state index contributed by atoms with van der Waals surface area (Å²) in [5, 5.41) is 1.11. The van der Waals surface area contributed by atoms with E-state index < -0.39 is 21.4 Å². The van der Waals surface area contributed by atoms with Gasteiger partial charge in [-0.2, -0.15) is 21.6 Å². The molecule has 3 aromatic carbocycles. The van der Waals surface area contributed by atoms with Gasteiger partial charge in [-0.1, -0.05) is 23.7 Å². The molecule has 0 N–H and O–H groups in total. The number of rotatable bonds is 2. The smallest absolute Gasteiger partial charge is 0.456 e. The molecule has 1 aliphatic rings. The Balaban J connectivity index is 1.94. The standard InChI is InChI=1S/C17H8ClF3O4S/c18-9-4-5-10-11-6-7-13(25-26(22,23)17(19,20)21)12-2-1-3-14(16(11)12)24-15(10)8-9/h1-8H. The van der Waals surface area contributed by atoms with Crippen LogP contribution >= 0.6 is 11.6 Å². The largest absolute Gasteiger partial charge is 0.534 e. The molecule has 3 aromatic rings. The quantitative estimate of drug-likeness (QED) is 0.329. The van der Waals surface area contributed by atoms with Crippen molar-refractivity contribution in [1.29, 1.82) is 0 Å². The van der Waals surface area contributed by atoms with Gasteiger partial charge in [-0.25, -0.2) is 0 Å². The Hall–Kier alpha value is -2.45. The summed E-state index contributed by atoms with van der Waals surface area (Å²) >= 11 is 5.97. The Kier molecular flexibility index (Phi) is 3.61. The summed E-state index contributed by atoms with van der Waals surface area (Å²) in [6.45, 7) is 0. The maximum absolute atomic E-state index is 12.6. The minimum Gasteiger partial charge on any atom is -0.456 e. The van der Waals surface area contributed by atoms with Crippen LogP contribution in [0.4, 0.5) is 13.2 Å². The molecule has 134 valence electrons. The molecule has 0 aliphatic carbocycles. The minimum atomic E-state index is -5.78. The summed E-state index contributed by atoms with van der Waals surface area (Å²) in [6, 6.07) is 12.3. The molecular weight excluding hydrogens is 393 g/mol. The SMILES string of the molecule is O=S(=O)(Oc1ccc2c3c(cccc13)Oc1cc(Cl)ccc1-2)C(F)(F)F. The second kappa shape index (κ2) is 5.52. The number of hydrogen-bond donors (Lipinski definition) is 0. The Morgan fingerprint density at radius 1 is 0.962 bits per heavy atom. The first-order chi connectivity index (χ1) is 12.2. The monoisotopic (exact) mass is 400 g/mol. The first kappa shape index (κ1) is 17.0. The molecule has 0 spiro atoms. The molecule has 0 radical (unpaired) electrons. The Labute approximate surface area is 150 Å². The zero-order valence-corrected chi connectivity index (χ0v) is 14.2. The fourth-order valence-electron chi connectivity index (χ4n) is 2.82. The van der Waals surface area contributed by atoms with E-state index in [0.717, 1.165) is 0 Å². The number of alkyl halides is 3. The fraction of sp³-hybridized carbons (Fsp3) is 0.0588. The van der Waals surface area contributed by atoms with Gasteiger partial charge < -0.3 is 8.92 Å². The van der Waals surface area contributed by atoms with E-state index >= 15 is 0 Å². The van der Waals surface area contributed by atoms with Crippen molar-refractivity contribution in [2.75, 3.05) is 0 Å². The van der Waals surface area contributed by atoms with Crippen LogP contribution in [0.2, 0.25) is 5.02 Å². The third-order valence-electron chi connectivity index (χ3n) is 3.90. The number of halogens is 4. The number of benzene rings is 3. The molecule has 4 nitrogen and oxygen atoms in total. The average Bonchev–Trinajstić information content (AvgIpc) is 2.55. The van der Waals surface area contributed by atoms with Crippen molar-refractivity contribution in [3.05, 3.63) is 53.6 Å². The van der Waals surface area contributed by atoms with Crippen LogP contribution < -0.4 is 8.92 Å². The van der Waals surface area contributed by atoms with Crippen LogP contribution in [0.3, 0.4) is 0 Å². The number of hydrogen-bond acceptors (Lipinski definition) is 4. The van der Waals surface area contributed by atoms with Gasteiger partial charge in [0.15, 0.2) is 5.75 Å². The lowest BCUT2D eigenvalue weighted by atomic mass is 9.94. The average molecular weight is 401 g/mol. The van der Waals surface area contributed by atoms with Crippen LogP contribution in [-0.2, 0) is 10.1 Å². The van der Waals surface area contributed by atoms with E-state index in [1.165, 1.54) is 24.3 Å². The highest BCUT2D eigenvalue weighted by Crippen LogP contribution is 2.49. The predicted molar refractivity (Wildman–Crippen MR) is 90.1 cm³/mol. The maximum atomic E-state index is 12.6. The minimum absolute atomic E-state index is 0.188. The van der Waals surface area contributed by atoms with E-state index in [1.54, 1.807) is 24.3 Å². The third-order valence-corrected chi connectivity index (χ3v) is 5.10. The van der Waals surface area contributed by atoms with E-state index in [-0.39, 0.29) is 5.39 Å². The van der Waals surface area contributed by atoms with Gasteiger partial charge in [0, 0.05) is 27.4 Å². The first-order valence-corrected chi connectivity index (χ1v) is 9.00. The summed E-state index contributed by atoms with van der Waals surface area (Å²) in [5.74, 6) is 0.431. The molecule has 0 aromatic heterocycles. The summed E-state index contributed by atoms with van der Waals surface area (Å²) in [5.41, 5.74) is -4.17. The second-order valence-electron chi connectivity index (χ2n) is 5.52. The van der Waals surface area contributed by atoms with Gasteiger partial charge >= 0.3 is 15.6 Å². The Bertz CT molecular complexity index is 1160. The molecule has 0 fully saturated rings. The van der Waals surface area contributed by atoms with Crippen LogP contribution in [0.5, 0.6) is 17.2 Å². The van der Waals surface area contributed by atoms with Gasteiger partial charge in [-0.3, -0.25) is 0 Å². The van der Waals surface area contributed by atoms with Crippen molar-refractivity contribution < 1.29 is 30.5 Å². The molecule has 1 aliphatic heterocycles. The molecule has 0 unspecified atom stereocenters. The second-order valence-corrected chi connectivity index (χ2v) is 7.49. The van der Waals surface area contributed by atoms with E-state index in [2.05, 4.69) is 4.18 Å². The van der Waals surface area contributed by atoms with Gasteiger partial charge in [0.2, 0.25) is 0 Å². The number of fused-ring (bicyclic) bond motifs is 2. The molecule has 0 atom stereocenters. The molecule has 1 heterocycles. The van der Waals surface area contributed by atoms with Crippen molar-refractivity contribution in [2.45, 2.75) is 5.51 Å². The van der Waals surface area contributed by atoms with Crippen LogP contribution in [-0.4, -0.2) is 13.9 Å². The zero-order valence-electron chi connectivity index (χ0n) is 12.7. The number of ether oxygens (including phenoxy) is 1. The molecular formula is C17H8ClF3O4S. The van der Waals surface area contributed by atoms with Gasteiger partial charge in [0.25, 0.3) is 0 Å². The Morgan fingerprint density at radius 2 is 1.69 bits per heavy atom. The molecule has 26 heavy (non-hydrogen) atoms. The molecule has 0 bridgehead atoms. The lowest BCUT2D eigenvalue weighted by Crippen LogP contribution is -2.28. The van der Waals surface area contributed by atoms with Crippen molar-refractivity contribution in [1.82, 2.24) is 0 Å². The zero-order chi connectivity index (χ0) is 18.7. The van der Waals surface area contributed by atoms with E-state index in [0.29, 0.717) is 33.0 Å². The van der Waals surface area contributed by atoms with Gasteiger partial charge in [0.05, 0.1) is 0 Å². The maximum Gasteiger partial charge on any atom is 0.534 e. The highest BCUT2D eigenvalue weighted by atomic mass is 35.5.